The number of nitrogens with two attached hydrogens (primary N) is 1. The summed E-state index contributed by atoms with van der Waals surface area (Å²) in [6, 6.07) is 15.7. The number of hydrazine groups is 1. The fraction of sp³-hybridized carbons (Fsp3) is 0.118. The number of aromatic nitrogens is 1. The second-order valence-electron chi connectivity index (χ2n) is 5.02. The average Bonchev–Trinajstić information content (AvgIpc) is 2.49. The first-order valence-corrected chi connectivity index (χ1v) is 6.79. The van der Waals surface area contributed by atoms with E-state index in [4.69, 9.17) is 10.6 Å². The molecule has 3 aromatic rings. The minimum atomic E-state index is 0.719. The zero-order valence-electron chi connectivity index (χ0n) is 12.1. The van der Waals surface area contributed by atoms with E-state index in [9.17, 15) is 0 Å². The van der Waals surface area contributed by atoms with Crippen LogP contribution >= 0.6 is 0 Å². The van der Waals surface area contributed by atoms with Crippen molar-refractivity contribution in [3.05, 3.63) is 59.8 Å². The van der Waals surface area contributed by atoms with Crippen LogP contribution < -0.4 is 16.0 Å². The molecule has 0 bridgehead atoms. The molecule has 0 saturated heterocycles. The molecule has 0 aliphatic carbocycles. The van der Waals surface area contributed by atoms with E-state index < -0.39 is 0 Å². The summed E-state index contributed by atoms with van der Waals surface area (Å²) < 4.78 is 5.97. The van der Waals surface area contributed by atoms with Crippen molar-refractivity contribution in [2.75, 3.05) is 5.43 Å². The van der Waals surface area contributed by atoms with E-state index in [1.807, 2.05) is 62.4 Å². The van der Waals surface area contributed by atoms with Crippen LogP contribution in [0.15, 0.2) is 48.5 Å². The second kappa shape index (κ2) is 5.42. The van der Waals surface area contributed by atoms with Crippen molar-refractivity contribution in [2.24, 2.45) is 5.84 Å². The number of hydrogen-bond acceptors (Lipinski definition) is 4. The van der Waals surface area contributed by atoms with Crippen LogP contribution in [-0.2, 0) is 0 Å². The molecule has 3 N–H and O–H groups in total. The predicted octanol–water partition coefficient (Wildman–Crippen LogP) is 3.93. The zero-order valence-corrected chi connectivity index (χ0v) is 12.1. The summed E-state index contributed by atoms with van der Waals surface area (Å²) in [4.78, 5) is 4.58. The summed E-state index contributed by atoms with van der Waals surface area (Å²) in [5.74, 6) is 7.09. The molecule has 3 rings (SSSR count). The molecule has 4 nitrogen and oxygen atoms in total. The van der Waals surface area contributed by atoms with Gasteiger partial charge >= 0.3 is 0 Å². The van der Waals surface area contributed by atoms with Gasteiger partial charge in [-0.05, 0) is 38.1 Å². The number of nitrogen functional groups attached to an aromatic ring is 1. The van der Waals surface area contributed by atoms with Crippen LogP contribution in [0.1, 0.15) is 11.3 Å². The fourth-order valence-electron chi connectivity index (χ4n) is 2.29. The summed E-state index contributed by atoms with van der Waals surface area (Å²) in [7, 11) is 0. The molecular weight excluding hydrogens is 262 g/mol. The molecule has 4 heteroatoms. The molecule has 0 unspecified atom stereocenters. The molecule has 0 spiro atoms. The SMILES string of the molecule is Cc1ccc(Oc2cccc3c(NN)cc(C)nc23)cc1. The van der Waals surface area contributed by atoms with Crippen molar-refractivity contribution in [1.82, 2.24) is 4.98 Å². The molecule has 0 saturated carbocycles. The van der Waals surface area contributed by atoms with E-state index in [2.05, 4.69) is 10.4 Å². The number of nitrogens with one attached hydrogen (secondary N) is 1. The largest absolute Gasteiger partial charge is 0.455 e. The van der Waals surface area contributed by atoms with Crippen LogP contribution in [0.2, 0.25) is 0 Å². The second-order valence-corrected chi connectivity index (χ2v) is 5.02. The third-order valence-corrected chi connectivity index (χ3v) is 3.33. The Labute approximate surface area is 123 Å². The van der Waals surface area contributed by atoms with Gasteiger partial charge in [-0.15, -0.1) is 0 Å². The van der Waals surface area contributed by atoms with E-state index in [0.717, 1.165) is 33.8 Å². The highest BCUT2D eigenvalue weighted by atomic mass is 16.5. The Morgan fingerprint density at radius 3 is 2.52 bits per heavy atom. The molecule has 0 fully saturated rings. The number of pyridine rings is 1. The average molecular weight is 279 g/mol. The van der Waals surface area contributed by atoms with Crippen molar-refractivity contribution >= 4 is 16.6 Å². The van der Waals surface area contributed by atoms with Gasteiger partial charge in [0.25, 0.3) is 0 Å². The Morgan fingerprint density at radius 1 is 1.05 bits per heavy atom. The smallest absolute Gasteiger partial charge is 0.153 e. The van der Waals surface area contributed by atoms with E-state index in [1.165, 1.54) is 5.56 Å². The van der Waals surface area contributed by atoms with Gasteiger partial charge in [0.15, 0.2) is 5.75 Å². The quantitative estimate of drug-likeness (QED) is 0.563. The molecule has 0 aliphatic heterocycles. The maximum atomic E-state index is 5.97. The van der Waals surface area contributed by atoms with Gasteiger partial charge in [-0.1, -0.05) is 29.8 Å². The lowest BCUT2D eigenvalue weighted by Crippen LogP contribution is -2.08. The minimum Gasteiger partial charge on any atom is -0.455 e. The number of benzene rings is 2. The molecular formula is C17H17N3O. The van der Waals surface area contributed by atoms with Crippen LogP contribution in [-0.4, -0.2) is 4.98 Å². The summed E-state index contributed by atoms with van der Waals surface area (Å²) in [6.45, 7) is 3.98. The van der Waals surface area contributed by atoms with Crippen molar-refractivity contribution < 1.29 is 4.74 Å². The molecule has 2 aromatic carbocycles. The van der Waals surface area contributed by atoms with Crippen LogP contribution in [0.3, 0.4) is 0 Å². The minimum absolute atomic E-state index is 0.719. The van der Waals surface area contributed by atoms with E-state index >= 15 is 0 Å². The first-order valence-electron chi connectivity index (χ1n) is 6.79. The molecule has 0 aliphatic rings. The third kappa shape index (κ3) is 2.66. The Morgan fingerprint density at radius 2 is 1.81 bits per heavy atom. The number of fused-ring (bicyclic) bond motifs is 1. The van der Waals surface area contributed by atoms with Gasteiger partial charge in [0.05, 0.1) is 5.69 Å². The Kier molecular flexibility index (Phi) is 3.46. The lowest BCUT2D eigenvalue weighted by atomic mass is 10.1. The van der Waals surface area contributed by atoms with Crippen LogP contribution in [0.25, 0.3) is 10.9 Å². The fourth-order valence-corrected chi connectivity index (χ4v) is 2.29. The van der Waals surface area contributed by atoms with Crippen LogP contribution in [0.5, 0.6) is 11.5 Å². The number of para-hydroxylation sites is 1. The summed E-state index contributed by atoms with van der Waals surface area (Å²) in [5.41, 5.74) is 6.43. The van der Waals surface area contributed by atoms with Crippen molar-refractivity contribution in [1.29, 1.82) is 0 Å². The first kappa shape index (κ1) is 13.4. The lowest BCUT2D eigenvalue weighted by molar-refractivity contribution is 0.487. The van der Waals surface area contributed by atoms with Crippen LogP contribution in [0.4, 0.5) is 5.69 Å². The number of aryl methyl sites for hydroxylation is 2. The van der Waals surface area contributed by atoms with E-state index in [1.54, 1.807) is 0 Å². The standard InChI is InChI=1S/C17H17N3O/c1-11-6-8-13(9-7-11)21-16-5-3-4-14-15(20-18)10-12(2)19-17(14)16/h3-10H,18H2,1-2H3,(H,19,20). The highest BCUT2D eigenvalue weighted by Gasteiger charge is 2.09. The van der Waals surface area contributed by atoms with Gasteiger partial charge in [0.1, 0.15) is 11.3 Å². The van der Waals surface area contributed by atoms with Gasteiger partial charge in [0.2, 0.25) is 0 Å². The zero-order chi connectivity index (χ0) is 14.8. The van der Waals surface area contributed by atoms with E-state index in [-0.39, 0.29) is 0 Å². The molecule has 1 aromatic heterocycles. The topological polar surface area (TPSA) is 60.2 Å². The molecule has 1 heterocycles. The van der Waals surface area contributed by atoms with Gasteiger partial charge < -0.3 is 10.2 Å². The first-order chi connectivity index (χ1) is 10.2. The number of rotatable bonds is 3. The van der Waals surface area contributed by atoms with Gasteiger partial charge in [0, 0.05) is 11.1 Å². The van der Waals surface area contributed by atoms with Crippen molar-refractivity contribution in [2.45, 2.75) is 13.8 Å². The number of anilines is 1. The molecule has 106 valence electrons. The monoisotopic (exact) mass is 279 g/mol. The molecule has 0 atom stereocenters. The summed E-state index contributed by atoms with van der Waals surface area (Å²) in [5, 5.41) is 0.938. The van der Waals surface area contributed by atoms with Gasteiger partial charge in [-0.2, -0.15) is 0 Å². The highest BCUT2D eigenvalue weighted by molar-refractivity contribution is 5.95. The Bertz CT molecular complexity index is 782. The number of hydrogen-bond donors (Lipinski definition) is 2. The normalized spacial score (nSPS) is 10.6. The Balaban J connectivity index is 2.10. The van der Waals surface area contributed by atoms with Crippen molar-refractivity contribution in [3.8, 4) is 11.5 Å². The van der Waals surface area contributed by atoms with Gasteiger partial charge in [-0.25, -0.2) is 4.98 Å². The summed E-state index contributed by atoms with van der Waals surface area (Å²) >= 11 is 0. The number of nitrogens with zero attached hydrogens (tertiary/aromatic N) is 1. The van der Waals surface area contributed by atoms with Crippen molar-refractivity contribution in [3.63, 3.8) is 0 Å². The predicted molar refractivity (Wildman–Crippen MR) is 85.5 cm³/mol. The lowest BCUT2D eigenvalue weighted by Gasteiger charge is -2.12. The summed E-state index contributed by atoms with van der Waals surface area (Å²) in [6.07, 6.45) is 0. The Hall–Kier alpha value is -2.59. The highest BCUT2D eigenvalue weighted by Crippen LogP contribution is 2.32. The third-order valence-electron chi connectivity index (χ3n) is 3.33. The molecule has 0 radical (unpaired) electrons. The van der Waals surface area contributed by atoms with Crippen LogP contribution in [0, 0.1) is 13.8 Å². The number of ether oxygens (including phenoxy) is 1. The van der Waals surface area contributed by atoms with E-state index in [0.29, 0.717) is 0 Å². The van der Waals surface area contributed by atoms with Gasteiger partial charge in [-0.3, -0.25) is 5.84 Å². The maximum Gasteiger partial charge on any atom is 0.153 e. The molecule has 21 heavy (non-hydrogen) atoms. The molecule has 0 amide bonds. The maximum absolute atomic E-state index is 5.97.